The van der Waals surface area contributed by atoms with Gasteiger partial charge in [0.1, 0.15) is 10.7 Å². The largest absolute Gasteiger partial charge is 0.448 e. The Morgan fingerprint density at radius 2 is 1.84 bits per heavy atom. The molecule has 1 amide bonds. The van der Waals surface area contributed by atoms with Crippen LogP contribution in [0.25, 0.3) is 10.4 Å². The highest BCUT2D eigenvalue weighted by atomic mass is 32.1. The number of benzene rings is 1. The molecule has 2 aromatic rings. The zero-order valence-corrected chi connectivity index (χ0v) is 14.6. The Bertz CT molecular complexity index is 753. The van der Waals surface area contributed by atoms with Crippen molar-refractivity contribution in [2.24, 2.45) is 0 Å². The van der Waals surface area contributed by atoms with Crippen molar-refractivity contribution in [3.05, 3.63) is 47.1 Å². The molecule has 0 saturated carbocycles. The van der Waals surface area contributed by atoms with Crippen LogP contribution in [0, 0.1) is 5.82 Å². The second-order valence-corrected chi connectivity index (χ2v) is 6.74. The minimum Gasteiger partial charge on any atom is -0.448 e. The number of hydrogen-bond acceptors (Lipinski definition) is 5. The van der Waals surface area contributed by atoms with Crippen LogP contribution >= 0.6 is 11.3 Å². The molecule has 0 unspecified atom stereocenters. The number of rotatable bonds is 4. The Hall–Kier alpha value is -2.25. The van der Waals surface area contributed by atoms with Gasteiger partial charge in [0.2, 0.25) is 0 Å². The molecule has 0 radical (unpaired) electrons. The van der Waals surface area contributed by atoms with Crippen molar-refractivity contribution in [1.29, 1.82) is 0 Å². The average Bonchev–Trinajstić information content (AvgIpc) is 3.12. The van der Waals surface area contributed by atoms with Crippen LogP contribution in [0.3, 0.4) is 0 Å². The SMILES string of the molecule is C[C@H](OC(=O)c1ccc(-c2ccc(F)cc2)s1)C(=O)N1CCOCC1. The van der Waals surface area contributed by atoms with Crippen LogP contribution in [0.4, 0.5) is 4.39 Å². The molecule has 1 aromatic heterocycles. The van der Waals surface area contributed by atoms with Crippen LogP contribution in [-0.2, 0) is 14.3 Å². The third-order valence-corrected chi connectivity index (χ3v) is 5.00. The van der Waals surface area contributed by atoms with Crippen LogP contribution in [0.2, 0.25) is 0 Å². The number of carbonyl (C=O) groups excluding carboxylic acids is 2. The van der Waals surface area contributed by atoms with Crippen molar-refractivity contribution in [2.75, 3.05) is 26.3 Å². The molecular formula is C18H18FNO4S. The highest BCUT2D eigenvalue weighted by Crippen LogP contribution is 2.28. The summed E-state index contributed by atoms with van der Waals surface area (Å²) in [7, 11) is 0. The minimum absolute atomic E-state index is 0.216. The normalized spacial score (nSPS) is 15.7. The molecule has 132 valence electrons. The zero-order chi connectivity index (χ0) is 17.8. The van der Waals surface area contributed by atoms with E-state index in [2.05, 4.69) is 0 Å². The second kappa shape index (κ2) is 7.76. The summed E-state index contributed by atoms with van der Waals surface area (Å²) in [5, 5.41) is 0. The van der Waals surface area contributed by atoms with E-state index in [1.807, 2.05) is 0 Å². The lowest BCUT2D eigenvalue weighted by Gasteiger charge is -2.28. The molecule has 3 rings (SSSR count). The fourth-order valence-corrected chi connectivity index (χ4v) is 3.42. The van der Waals surface area contributed by atoms with E-state index in [0.717, 1.165) is 10.4 Å². The van der Waals surface area contributed by atoms with Gasteiger partial charge in [-0.2, -0.15) is 0 Å². The molecule has 1 atom stereocenters. The summed E-state index contributed by atoms with van der Waals surface area (Å²) in [5.74, 6) is -1.06. The van der Waals surface area contributed by atoms with Crippen LogP contribution in [0.15, 0.2) is 36.4 Å². The Kier molecular flexibility index (Phi) is 5.45. The van der Waals surface area contributed by atoms with Crippen LogP contribution in [-0.4, -0.2) is 49.2 Å². The van der Waals surface area contributed by atoms with Gasteiger partial charge in [0, 0.05) is 18.0 Å². The van der Waals surface area contributed by atoms with Gasteiger partial charge in [-0.25, -0.2) is 9.18 Å². The fraction of sp³-hybridized carbons (Fsp3) is 0.333. The molecule has 2 heterocycles. The maximum atomic E-state index is 13.0. The van der Waals surface area contributed by atoms with E-state index in [9.17, 15) is 14.0 Å². The van der Waals surface area contributed by atoms with Crippen LogP contribution in [0.5, 0.6) is 0 Å². The van der Waals surface area contributed by atoms with E-state index in [1.165, 1.54) is 23.5 Å². The summed E-state index contributed by atoms with van der Waals surface area (Å²) in [6.07, 6.45) is -0.845. The summed E-state index contributed by atoms with van der Waals surface area (Å²) < 4.78 is 23.5. The lowest BCUT2D eigenvalue weighted by molar-refractivity contribution is -0.143. The van der Waals surface area contributed by atoms with E-state index in [0.29, 0.717) is 31.2 Å². The third kappa shape index (κ3) is 4.24. The quantitative estimate of drug-likeness (QED) is 0.784. The first kappa shape index (κ1) is 17.6. The number of nitrogens with zero attached hydrogens (tertiary/aromatic N) is 1. The van der Waals surface area contributed by atoms with Gasteiger partial charge in [-0.05, 0) is 36.8 Å². The lowest BCUT2D eigenvalue weighted by Crippen LogP contribution is -2.46. The first-order chi connectivity index (χ1) is 12.0. The third-order valence-electron chi connectivity index (χ3n) is 3.89. The molecule has 7 heteroatoms. The van der Waals surface area contributed by atoms with E-state index in [4.69, 9.17) is 9.47 Å². The first-order valence-corrected chi connectivity index (χ1v) is 8.79. The van der Waals surface area contributed by atoms with Crippen molar-refractivity contribution >= 4 is 23.2 Å². The predicted octanol–water partition coefficient (Wildman–Crippen LogP) is 2.96. The number of thiophene rings is 1. The van der Waals surface area contributed by atoms with Crippen molar-refractivity contribution in [3.8, 4) is 10.4 Å². The monoisotopic (exact) mass is 363 g/mol. The summed E-state index contributed by atoms with van der Waals surface area (Å²) in [6.45, 7) is 3.59. The molecule has 1 aliphatic heterocycles. The van der Waals surface area contributed by atoms with E-state index >= 15 is 0 Å². The number of ether oxygens (including phenoxy) is 2. The molecule has 25 heavy (non-hydrogen) atoms. The molecule has 0 aliphatic carbocycles. The molecule has 0 N–H and O–H groups in total. The van der Waals surface area contributed by atoms with Gasteiger partial charge in [-0.3, -0.25) is 4.79 Å². The van der Waals surface area contributed by atoms with Gasteiger partial charge in [0.05, 0.1) is 13.2 Å². The van der Waals surface area contributed by atoms with Gasteiger partial charge in [-0.1, -0.05) is 12.1 Å². The highest BCUT2D eigenvalue weighted by Gasteiger charge is 2.26. The molecule has 0 spiro atoms. The Morgan fingerprint density at radius 1 is 1.16 bits per heavy atom. The smallest absolute Gasteiger partial charge is 0.349 e. The van der Waals surface area contributed by atoms with Crippen molar-refractivity contribution < 1.29 is 23.5 Å². The molecule has 1 fully saturated rings. The lowest BCUT2D eigenvalue weighted by atomic mass is 10.2. The zero-order valence-electron chi connectivity index (χ0n) is 13.7. The molecule has 1 saturated heterocycles. The number of carbonyl (C=O) groups is 2. The number of hydrogen-bond donors (Lipinski definition) is 0. The molecule has 0 bridgehead atoms. The molecule has 1 aliphatic rings. The minimum atomic E-state index is -0.845. The Morgan fingerprint density at radius 3 is 2.52 bits per heavy atom. The number of halogens is 1. The highest BCUT2D eigenvalue weighted by molar-refractivity contribution is 7.17. The Labute approximate surface area is 149 Å². The van der Waals surface area contributed by atoms with Gasteiger partial charge < -0.3 is 14.4 Å². The van der Waals surface area contributed by atoms with Crippen LogP contribution < -0.4 is 0 Å². The molecule has 1 aromatic carbocycles. The maximum Gasteiger partial charge on any atom is 0.349 e. The Balaban J connectivity index is 1.63. The fourth-order valence-electron chi connectivity index (χ4n) is 2.53. The standard InChI is InChI=1S/C18H18FNO4S/c1-12(17(21)20-8-10-23-11-9-20)24-18(22)16-7-6-15(25-16)13-2-4-14(19)5-3-13/h2-7,12H,8-11H2,1H3/t12-/m0/s1. The van der Waals surface area contributed by atoms with Gasteiger partial charge in [0.25, 0.3) is 5.91 Å². The maximum absolute atomic E-state index is 13.0. The van der Waals surface area contributed by atoms with Gasteiger partial charge in [-0.15, -0.1) is 11.3 Å². The van der Waals surface area contributed by atoms with Crippen molar-refractivity contribution in [2.45, 2.75) is 13.0 Å². The van der Waals surface area contributed by atoms with Crippen LogP contribution in [0.1, 0.15) is 16.6 Å². The first-order valence-electron chi connectivity index (χ1n) is 7.98. The van der Waals surface area contributed by atoms with E-state index < -0.39 is 12.1 Å². The van der Waals surface area contributed by atoms with Gasteiger partial charge in [0.15, 0.2) is 6.10 Å². The van der Waals surface area contributed by atoms with E-state index in [-0.39, 0.29) is 11.7 Å². The number of esters is 1. The molecular weight excluding hydrogens is 345 g/mol. The average molecular weight is 363 g/mol. The van der Waals surface area contributed by atoms with Crippen molar-refractivity contribution in [3.63, 3.8) is 0 Å². The second-order valence-electron chi connectivity index (χ2n) is 5.66. The topological polar surface area (TPSA) is 55.8 Å². The van der Waals surface area contributed by atoms with Gasteiger partial charge >= 0.3 is 5.97 Å². The summed E-state index contributed by atoms with van der Waals surface area (Å²) in [6, 6.07) is 9.48. The predicted molar refractivity (Wildman–Crippen MR) is 92.0 cm³/mol. The van der Waals surface area contributed by atoms with E-state index in [1.54, 1.807) is 36.1 Å². The van der Waals surface area contributed by atoms with Crippen molar-refractivity contribution in [1.82, 2.24) is 4.90 Å². The summed E-state index contributed by atoms with van der Waals surface area (Å²) in [5.41, 5.74) is 0.822. The summed E-state index contributed by atoms with van der Waals surface area (Å²) >= 11 is 1.25. The summed E-state index contributed by atoms with van der Waals surface area (Å²) in [4.78, 5) is 27.4. The number of morpholine rings is 1. The number of amides is 1. The molecule has 5 nitrogen and oxygen atoms in total.